The molecule has 0 atom stereocenters. The van der Waals surface area contributed by atoms with Crippen LogP contribution in [0.3, 0.4) is 0 Å². The highest BCUT2D eigenvalue weighted by molar-refractivity contribution is 7.93. The van der Waals surface area contributed by atoms with Gasteiger partial charge in [0, 0.05) is 24.8 Å². The molecule has 0 saturated carbocycles. The van der Waals surface area contributed by atoms with E-state index in [1.807, 2.05) is 12.1 Å². The molecule has 1 aliphatic heterocycles. The molecule has 0 bridgehead atoms. The maximum absolute atomic E-state index is 13.0. The van der Waals surface area contributed by atoms with Gasteiger partial charge in [0.05, 0.1) is 17.2 Å². The van der Waals surface area contributed by atoms with Crippen molar-refractivity contribution in [1.82, 2.24) is 5.32 Å². The quantitative estimate of drug-likeness (QED) is 0.835. The summed E-state index contributed by atoms with van der Waals surface area (Å²) in [5.41, 5.74) is 1.97. The first-order valence-electron chi connectivity index (χ1n) is 7.52. The number of benzene rings is 2. The van der Waals surface area contributed by atoms with Gasteiger partial charge < -0.3 is 10.1 Å². The van der Waals surface area contributed by atoms with Crippen molar-refractivity contribution in [3.8, 4) is 11.1 Å². The number of rotatable bonds is 5. The average molecular weight is 346 g/mol. The molecule has 0 unspecified atom stereocenters. The normalized spacial score (nSPS) is 14.6. The fourth-order valence-corrected chi connectivity index (χ4v) is 4.38. The second kappa shape index (κ2) is 6.62. The summed E-state index contributed by atoms with van der Waals surface area (Å²) in [6.07, 6.45) is 0. The van der Waals surface area contributed by atoms with Gasteiger partial charge in [0.25, 0.3) is 10.0 Å². The zero-order valence-corrected chi connectivity index (χ0v) is 14.0. The van der Waals surface area contributed by atoms with E-state index in [0.717, 1.165) is 9.87 Å². The Morgan fingerprint density at radius 3 is 2.50 bits per heavy atom. The van der Waals surface area contributed by atoms with E-state index in [-0.39, 0.29) is 17.3 Å². The van der Waals surface area contributed by atoms with Crippen LogP contribution in [0.5, 0.6) is 0 Å². The van der Waals surface area contributed by atoms with E-state index < -0.39 is 10.0 Å². The Hall–Kier alpha value is -2.38. The van der Waals surface area contributed by atoms with Crippen LogP contribution in [0.1, 0.15) is 0 Å². The number of carbonyl (C=O) groups excluding carboxylic acids is 1. The summed E-state index contributed by atoms with van der Waals surface area (Å²) in [7, 11) is -2.24. The van der Waals surface area contributed by atoms with Crippen molar-refractivity contribution in [3.05, 3.63) is 48.5 Å². The second-order valence-electron chi connectivity index (χ2n) is 5.37. The number of hydrogen-bond acceptors (Lipinski definition) is 4. The highest BCUT2D eigenvalue weighted by atomic mass is 32.2. The number of fused-ring (bicyclic) bond motifs is 3. The van der Waals surface area contributed by atoms with E-state index in [0.29, 0.717) is 24.4 Å². The van der Waals surface area contributed by atoms with Gasteiger partial charge in [-0.2, -0.15) is 0 Å². The van der Waals surface area contributed by atoms with Crippen LogP contribution in [0.4, 0.5) is 5.69 Å². The molecule has 126 valence electrons. The van der Waals surface area contributed by atoms with Crippen LogP contribution in [-0.4, -0.2) is 41.1 Å². The summed E-state index contributed by atoms with van der Waals surface area (Å²) in [6.45, 7) is 0.441. The van der Waals surface area contributed by atoms with E-state index in [4.69, 9.17) is 4.74 Å². The molecule has 1 heterocycles. The number of ether oxygens (including phenoxy) is 1. The highest BCUT2D eigenvalue weighted by Gasteiger charge is 2.35. The van der Waals surface area contributed by atoms with Gasteiger partial charge in [-0.15, -0.1) is 0 Å². The molecule has 2 aromatic carbocycles. The van der Waals surface area contributed by atoms with Gasteiger partial charge in [-0.05, 0) is 12.1 Å². The van der Waals surface area contributed by atoms with Crippen LogP contribution < -0.4 is 9.62 Å². The van der Waals surface area contributed by atoms with Gasteiger partial charge in [-0.25, -0.2) is 8.42 Å². The van der Waals surface area contributed by atoms with Crippen molar-refractivity contribution in [3.63, 3.8) is 0 Å². The third-order valence-electron chi connectivity index (χ3n) is 3.83. The van der Waals surface area contributed by atoms with E-state index in [1.54, 1.807) is 36.4 Å². The lowest BCUT2D eigenvalue weighted by Crippen LogP contribution is -2.43. The maximum Gasteiger partial charge on any atom is 0.265 e. The lowest BCUT2D eigenvalue weighted by molar-refractivity contribution is -0.119. The van der Waals surface area contributed by atoms with Crippen LogP contribution >= 0.6 is 0 Å². The minimum absolute atomic E-state index is 0.216. The van der Waals surface area contributed by atoms with Crippen molar-refractivity contribution in [2.75, 3.05) is 31.1 Å². The predicted octanol–water partition coefficient (Wildman–Crippen LogP) is 1.62. The second-order valence-corrected chi connectivity index (χ2v) is 7.20. The molecular weight excluding hydrogens is 328 g/mol. The Kier molecular flexibility index (Phi) is 4.55. The number of carbonyl (C=O) groups is 1. The Morgan fingerprint density at radius 1 is 1.08 bits per heavy atom. The number of hydrogen-bond donors (Lipinski definition) is 1. The molecular formula is C17H18N2O4S. The van der Waals surface area contributed by atoms with Crippen LogP contribution in [0, 0.1) is 0 Å². The number of sulfonamides is 1. The fourth-order valence-electron chi connectivity index (χ4n) is 2.73. The number of anilines is 1. The molecule has 0 spiro atoms. The Balaban J connectivity index is 1.99. The number of nitrogens with zero attached hydrogens (tertiary/aromatic N) is 1. The third-order valence-corrected chi connectivity index (χ3v) is 5.65. The Morgan fingerprint density at radius 2 is 1.75 bits per heavy atom. The molecule has 2 aromatic rings. The Bertz CT molecular complexity index is 864. The molecule has 0 aliphatic carbocycles. The largest absolute Gasteiger partial charge is 0.383 e. The van der Waals surface area contributed by atoms with Gasteiger partial charge in [0.15, 0.2) is 0 Å². The number of para-hydroxylation sites is 1. The molecule has 24 heavy (non-hydrogen) atoms. The molecule has 3 rings (SSSR count). The summed E-state index contributed by atoms with van der Waals surface area (Å²) >= 11 is 0. The maximum atomic E-state index is 13.0. The monoisotopic (exact) mass is 346 g/mol. The van der Waals surface area contributed by atoms with Crippen molar-refractivity contribution < 1.29 is 17.9 Å². The minimum Gasteiger partial charge on any atom is -0.383 e. The van der Waals surface area contributed by atoms with Gasteiger partial charge in [-0.1, -0.05) is 36.4 Å². The van der Waals surface area contributed by atoms with Crippen molar-refractivity contribution >= 4 is 21.6 Å². The zero-order valence-electron chi connectivity index (χ0n) is 13.2. The van der Waals surface area contributed by atoms with Crippen molar-refractivity contribution in [2.45, 2.75) is 4.90 Å². The van der Waals surface area contributed by atoms with E-state index in [9.17, 15) is 13.2 Å². The fraction of sp³-hybridized carbons (Fsp3) is 0.235. The van der Waals surface area contributed by atoms with Crippen LogP contribution in [0.2, 0.25) is 0 Å². The summed E-state index contributed by atoms with van der Waals surface area (Å²) in [5.74, 6) is -0.371. The summed E-state index contributed by atoms with van der Waals surface area (Å²) in [4.78, 5) is 12.3. The minimum atomic E-state index is -3.78. The highest BCUT2D eigenvalue weighted by Crippen LogP contribution is 2.42. The van der Waals surface area contributed by atoms with E-state index >= 15 is 0 Å². The molecule has 7 heteroatoms. The average Bonchev–Trinajstić information content (AvgIpc) is 2.59. The molecule has 1 aliphatic rings. The summed E-state index contributed by atoms with van der Waals surface area (Å²) in [6, 6.07) is 14.0. The number of amides is 1. The van der Waals surface area contributed by atoms with Crippen LogP contribution in [0.25, 0.3) is 11.1 Å². The smallest absolute Gasteiger partial charge is 0.265 e. The predicted molar refractivity (Wildman–Crippen MR) is 91.3 cm³/mol. The van der Waals surface area contributed by atoms with Gasteiger partial charge in [-0.3, -0.25) is 9.10 Å². The molecule has 0 radical (unpaired) electrons. The first-order valence-corrected chi connectivity index (χ1v) is 8.96. The molecule has 0 saturated heterocycles. The van der Waals surface area contributed by atoms with E-state index in [1.165, 1.54) is 7.11 Å². The third kappa shape index (κ3) is 2.88. The molecule has 0 aromatic heterocycles. The Labute approximate surface area is 141 Å². The lowest BCUT2D eigenvalue weighted by atomic mass is 10.0. The molecule has 6 nitrogen and oxygen atoms in total. The van der Waals surface area contributed by atoms with Crippen LogP contribution in [-0.2, 0) is 19.6 Å². The van der Waals surface area contributed by atoms with Crippen LogP contribution in [0.15, 0.2) is 53.4 Å². The SMILES string of the molecule is COCCNC(=O)CN1c2ccccc2-c2ccccc2S1(=O)=O. The lowest BCUT2D eigenvalue weighted by Gasteiger charge is -2.31. The molecule has 0 fully saturated rings. The summed E-state index contributed by atoms with van der Waals surface area (Å²) in [5, 5.41) is 2.65. The molecule has 1 amide bonds. The van der Waals surface area contributed by atoms with E-state index in [2.05, 4.69) is 5.32 Å². The first kappa shape index (κ1) is 16.5. The van der Waals surface area contributed by atoms with Gasteiger partial charge in [0.2, 0.25) is 5.91 Å². The standard InChI is InChI=1S/C17H18N2O4S/c1-23-11-10-18-17(20)12-19-15-8-4-2-6-13(15)14-7-3-5-9-16(14)24(19,21)22/h2-9H,10-12H2,1H3,(H,18,20). The van der Waals surface area contributed by atoms with Gasteiger partial charge in [0.1, 0.15) is 6.54 Å². The topological polar surface area (TPSA) is 75.7 Å². The van der Waals surface area contributed by atoms with Crippen molar-refractivity contribution in [2.24, 2.45) is 0 Å². The number of nitrogens with one attached hydrogen (secondary N) is 1. The first-order chi connectivity index (χ1) is 11.6. The van der Waals surface area contributed by atoms with Gasteiger partial charge >= 0.3 is 0 Å². The molecule has 1 N–H and O–H groups in total. The zero-order chi connectivity index (χ0) is 17.2. The van der Waals surface area contributed by atoms with Crippen molar-refractivity contribution in [1.29, 1.82) is 0 Å². The number of methoxy groups -OCH3 is 1. The summed E-state index contributed by atoms with van der Waals surface area (Å²) < 4.78 is 31.9.